The number of carboxylic acid groups (broad SMARTS) is 1. The third kappa shape index (κ3) is 2.68. The van der Waals surface area contributed by atoms with E-state index in [0.29, 0.717) is 4.47 Å². The lowest BCUT2D eigenvalue weighted by molar-refractivity contribution is 0.0696. The fourth-order valence-corrected chi connectivity index (χ4v) is 4.30. The highest BCUT2D eigenvalue weighted by Crippen LogP contribution is 2.31. The van der Waals surface area contributed by atoms with Gasteiger partial charge in [-0.2, -0.15) is 4.31 Å². The van der Waals surface area contributed by atoms with Crippen molar-refractivity contribution in [2.24, 2.45) is 0 Å². The fourth-order valence-electron chi connectivity index (χ4n) is 1.94. The summed E-state index contributed by atoms with van der Waals surface area (Å²) in [5, 5.41) is 8.95. The number of carbonyl (C=O) groups is 1. The third-order valence-electron chi connectivity index (χ3n) is 3.42. The van der Waals surface area contributed by atoms with Crippen molar-refractivity contribution in [3.05, 3.63) is 28.2 Å². The van der Waals surface area contributed by atoms with Crippen LogP contribution < -0.4 is 0 Å². The van der Waals surface area contributed by atoms with E-state index in [1.165, 1.54) is 22.5 Å². The standard InChI is InChI=1S/C12H14BrNO4S/c1-14(9-3-2-4-9)19(17,18)11-7-8(12(15)16)5-6-10(11)13/h5-7,9H,2-4H2,1H3,(H,15,16). The normalized spacial score (nSPS) is 16.4. The van der Waals surface area contributed by atoms with Gasteiger partial charge in [0.2, 0.25) is 10.0 Å². The molecule has 0 saturated heterocycles. The van der Waals surface area contributed by atoms with Crippen LogP contribution in [0.5, 0.6) is 0 Å². The van der Waals surface area contributed by atoms with Crippen molar-refractivity contribution < 1.29 is 18.3 Å². The summed E-state index contributed by atoms with van der Waals surface area (Å²) in [4.78, 5) is 10.9. The van der Waals surface area contributed by atoms with Crippen LogP contribution in [-0.2, 0) is 10.0 Å². The first kappa shape index (κ1) is 14.5. The molecule has 0 bridgehead atoms. The highest BCUT2D eigenvalue weighted by Gasteiger charge is 2.33. The lowest BCUT2D eigenvalue weighted by Gasteiger charge is -2.34. The Bertz CT molecular complexity index is 610. The van der Waals surface area contributed by atoms with Gasteiger partial charge < -0.3 is 5.11 Å². The third-order valence-corrected chi connectivity index (χ3v) is 6.33. The average Bonchev–Trinajstić information content (AvgIpc) is 2.26. The van der Waals surface area contributed by atoms with Gasteiger partial charge in [-0.3, -0.25) is 0 Å². The molecule has 19 heavy (non-hydrogen) atoms. The molecule has 0 amide bonds. The van der Waals surface area contributed by atoms with Crippen LogP contribution in [0.1, 0.15) is 29.6 Å². The summed E-state index contributed by atoms with van der Waals surface area (Å²) in [5.74, 6) is -1.14. The summed E-state index contributed by atoms with van der Waals surface area (Å²) in [6.45, 7) is 0. The van der Waals surface area contributed by atoms with Gasteiger partial charge in [0.05, 0.1) is 10.5 Å². The van der Waals surface area contributed by atoms with Gasteiger partial charge in [0.1, 0.15) is 0 Å². The molecular weight excluding hydrogens is 334 g/mol. The minimum absolute atomic E-state index is 0.00167. The van der Waals surface area contributed by atoms with E-state index in [0.717, 1.165) is 19.3 Å². The van der Waals surface area contributed by atoms with Crippen molar-refractivity contribution in [3.63, 3.8) is 0 Å². The lowest BCUT2D eigenvalue weighted by Crippen LogP contribution is -2.41. The van der Waals surface area contributed by atoms with E-state index in [4.69, 9.17) is 5.11 Å². The Labute approximate surface area is 120 Å². The van der Waals surface area contributed by atoms with E-state index in [1.54, 1.807) is 7.05 Å². The molecule has 1 saturated carbocycles. The molecule has 0 aliphatic heterocycles. The maximum absolute atomic E-state index is 12.5. The molecule has 1 fully saturated rings. The van der Waals surface area contributed by atoms with Gasteiger partial charge in [0, 0.05) is 17.6 Å². The second kappa shape index (κ2) is 5.22. The molecule has 1 aromatic carbocycles. The molecule has 1 aromatic rings. The van der Waals surface area contributed by atoms with E-state index >= 15 is 0 Å². The molecule has 1 N–H and O–H groups in total. The number of carboxylic acids is 1. The Morgan fingerprint density at radius 2 is 2.05 bits per heavy atom. The zero-order valence-corrected chi connectivity index (χ0v) is 12.7. The molecule has 104 valence electrons. The molecular formula is C12H14BrNO4S. The van der Waals surface area contributed by atoms with Crippen molar-refractivity contribution in [3.8, 4) is 0 Å². The summed E-state index contributed by atoms with van der Waals surface area (Å²) in [5.41, 5.74) is -0.0382. The number of aromatic carboxylic acids is 1. The van der Waals surface area contributed by atoms with Crippen LogP contribution in [0.3, 0.4) is 0 Å². The Kier molecular flexibility index (Phi) is 3.98. The Morgan fingerprint density at radius 3 is 2.53 bits per heavy atom. The topological polar surface area (TPSA) is 74.7 Å². The molecule has 0 aromatic heterocycles. The van der Waals surface area contributed by atoms with E-state index in [1.807, 2.05) is 0 Å². The van der Waals surface area contributed by atoms with E-state index in [-0.39, 0.29) is 16.5 Å². The summed E-state index contributed by atoms with van der Waals surface area (Å²) >= 11 is 3.17. The Morgan fingerprint density at radius 1 is 1.42 bits per heavy atom. The van der Waals surface area contributed by atoms with Crippen LogP contribution in [0.4, 0.5) is 0 Å². The number of rotatable bonds is 4. The maximum atomic E-state index is 12.5. The first-order valence-electron chi connectivity index (χ1n) is 5.85. The SMILES string of the molecule is CN(C1CCC1)S(=O)(=O)c1cc(C(=O)O)ccc1Br. The number of hydrogen-bond donors (Lipinski definition) is 1. The predicted molar refractivity (Wildman–Crippen MR) is 73.7 cm³/mol. The van der Waals surface area contributed by atoms with E-state index < -0.39 is 16.0 Å². The zero-order chi connectivity index (χ0) is 14.2. The van der Waals surface area contributed by atoms with Gasteiger partial charge in [-0.05, 0) is 47.0 Å². The minimum Gasteiger partial charge on any atom is -0.478 e. The summed E-state index contributed by atoms with van der Waals surface area (Å²) < 4.78 is 26.6. The number of hydrogen-bond acceptors (Lipinski definition) is 3. The van der Waals surface area contributed by atoms with E-state index in [9.17, 15) is 13.2 Å². The van der Waals surface area contributed by atoms with Crippen LogP contribution in [0, 0.1) is 0 Å². The minimum atomic E-state index is -3.66. The van der Waals surface area contributed by atoms with Gasteiger partial charge in [-0.15, -0.1) is 0 Å². The number of halogens is 1. The summed E-state index contributed by atoms with van der Waals surface area (Å²) in [6, 6.07) is 4.03. The van der Waals surface area contributed by atoms with Crippen molar-refractivity contribution in [1.82, 2.24) is 4.31 Å². The molecule has 0 atom stereocenters. The molecule has 7 heteroatoms. The van der Waals surface area contributed by atoms with Crippen molar-refractivity contribution >= 4 is 31.9 Å². The number of nitrogens with zero attached hydrogens (tertiary/aromatic N) is 1. The predicted octanol–water partition coefficient (Wildman–Crippen LogP) is 2.32. The van der Waals surface area contributed by atoms with Crippen LogP contribution in [0.15, 0.2) is 27.6 Å². The van der Waals surface area contributed by atoms with Gasteiger partial charge in [0.15, 0.2) is 0 Å². The molecule has 0 radical (unpaired) electrons. The molecule has 0 unspecified atom stereocenters. The summed E-state index contributed by atoms with van der Waals surface area (Å²) in [7, 11) is -2.12. The van der Waals surface area contributed by atoms with Crippen molar-refractivity contribution in [2.75, 3.05) is 7.05 Å². The molecule has 2 rings (SSSR count). The maximum Gasteiger partial charge on any atom is 0.335 e. The first-order valence-corrected chi connectivity index (χ1v) is 8.08. The Balaban J connectivity index is 2.44. The quantitative estimate of drug-likeness (QED) is 0.906. The molecule has 0 heterocycles. The monoisotopic (exact) mass is 347 g/mol. The Hall–Kier alpha value is -0.920. The van der Waals surface area contributed by atoms with Crippen LogP contribution in [-0.4, -0.2) is 36.9 Å². The number of sulfonamides is 1. The van der Waals surface area contributed by atoms with Crippen LogP contribution in [0.25, 0.3) is 0 Å². The van der Waals surface area contributed by atoms with Gasteiger partial charge in [-0.1, -0.05) is 6.42 Å². The second-order valence-corrected chi connectivity index (χ2v) is 7.38. The molecule has 0 spiro atoms. The highest BCUT2D eigenvalue weighted by atomic mass is 79.9. The smallest absolute Gasteiger partial charge is 0.335 e. The molecule has 5 nitrogen and oxygen atoms in total. The van der Waals surface area contributed by atoms with Crippen LogP contribution in [0.2, 0.25) is 0 Å². The highest BCUT2D eigenvalue weighted by molar-refractivity contribution is 9.10. The van der Waals surface area contributed by atoms with Gasteiger partial charge >= 0.3 is 5.97 Å². The zero-order valence-electron chi connectivity index (χ0n) is 10.3. The van der Waals surface area contributed by atoms with Gasteiger partial charge in [0.25, 0.3) is 0 Å². The van der Waals surface area contributed by atoms with Crippen molar-refractivity contribution in [1.29, 1.82) is 0 Å². The molecule has 1 aliphatic carbocycles. The van der Waals surface area contributed by atoms with E-state index in [2.05, 4.69) is 15.9 Å². The van der Waals surface area contributed by atoms with Crippen molar-refractivity contribution in [2.45, 2.75) is 30.2 Å². The fraction of sp³-hybridized carbons (Fsp3) is 0.417. The first-order chi connectivity index (χ1) is 8.84. The average molecular weight is 348 g/mol. The van der Waals surface area contributed by atoms with Crippen LogP contribution >= 0.6 is 15.9 Å². The lowest BCUT2D eigenvalue weighted by atomic mass is 9.94. The molecule has 1 aliphatic rings. The summed E-state index contributed by atoms with van der Waals surface area (Å²) in [6.07, 6.45) is 2.73. The van der Waals surface area contributed by atoms with Gasteiger partial charge in [-0.25, -0.2) is 13.2 Å². The second-order valence-electron chi connectivity index (χ2n) is 4.56. The number of benzene rings is 1. The largest absolute Gasteiger partial charge is 0.478 e.